The molecule has 0 saturated heterocycles. The van der Waals surface area contributed by atoms with E-state index in [1.165, 1.54) is 15.1 Å². The Labute approximate surface area is 105 Å². The van der Waals surface area contributed by atoms with Gasteiger partial charge in [-0.15, -0.1) is 11.3 Å². The standard InChI is InChI=1S/C12H20BrNS/c1-5-10(12(2,3)4)14-8-9-6-7-11(13)15-9/h6-7,10,14H,5,8H2,1-4H3. The van der Waals surface area contributed by atoms with Crippen LogP contribution in [0.4, 0.5) is 0 Å². The van der Waals surface area contributed by atoms with Gasteiger partial charge in [0.05, 0.1) is 3.79 Å². The minimum atomic E-state index is 0.337. The van der Waals surface area contributed by atoms with E-state index in [0.29, 0.717) is 11.5 Å². The Hall–Kier alpha value is 0.140. The molecule has 0 aliphatic heterocycles. The summed E-state index contributed by atoms with van der Waals surface area (Å²) in [7, 11) is 0. The average Bonchev–Trinajstić information content (AvgIpc) is 2.50. The molecular weight excluding hydrogens is 270 g/mol. The molecule has 1 N–H and O–H groups in total. The third-order valence-corrected chi connectivity index (χ3v) is 4.23. The van der Waals surface area contributed by atoms with Gasteiger partial charge in [0.15, 0.2) is 0 Å². The molecule has 0 aromatic carbocycles. The van der Waals surface area contributed by atoms with Crippen molar-refractivity contribution < 1.29 is 0 Å². The lowest BCUT2D eigenvalue weighted by molar-refractivity contribution is 0.260. The van der Waals surface area contributed by atoms with Gasteiger partial charge in [-0.2, -0.15) is 0 Å². The molecule has 0 aliphatic rings. The Bertz CT molecular complexity index is 301. The van der Waals surface area contributed by atoms with Crippen molar-refractivity contribution in [2.75, 3.05) is 0 Å². The van der Waals surface area contributed by atoms with E-state index in [9.17, 15) is 0 Å². The Morgan fingerprint density at radius 1 is 1.40 bits per heavy atom. The van der Waals surface area contributed by atoms with Crippen molar-refractivity contribution in [3.63, 3.8) is 0 Å². The summed E-state index contributed by atoms with van der Waals surface area (Å²) in [6.07, 6.45) is 1.18. The van der Waals surface area contributed by atoms with Crippen LogP contribution >= 0.6 is 27.3 Å². The summed E-state index contributed by atoms with van der Waals surface area (Å²) < 4.78 is 1.21. The smallest absolute Gasteiger partial charge is 0.0701 e. The van der Waals surface area contributed by atoms with Crippen LogP contribution < -0.4 is 5.32 Å². The number of hydrogen-bond acceptors (Lipinski definition) is 2. The molecule has 0 fully saturated rings. The van der Waals surface area contributed by atoms with Crippen LogP contribution in [0.25, 0.3) is 0 Å². The van der Waals surface area contributed by atoms with E-state index in [0.717, 1.165) is 6.54 Å². The molecule has 3 heteroatoms. The van der Waals surface area contributed by atoms with Gasteiger partial charge in [0.1, 0.15) is 0 Å². The van der Waals surface area contributed by atoms with Gasteiger partial charge in [0.25, 0.3) is 0 Å². The third-order valence-electron chi connectivity index (χ3n) is 2.61. The fraction of sp³-hybridized carbons (Fsp3) is 0.667. The summed E-state index contributed by atoms with van der Waals surface area (Å²) in [5, 5.41) is 3.63. The highest BCUT2D eigenvalue weighted by Gasteiger charge is 2.22. The molecule has 0 radical (unpaired) electrons. The van der Waals surface area contributed by atoms with Gasteiger partial charge >= 0.3 is 0 Å². The van der Waals surface area contributed by atoms with Gasteiger partial charge in [0.2, 0.25) is 0 Å². The fourth-order valence-electron chi connectivity index (χ4n) is 1.73. The highest BCUT2D eigenvalue weighted by Crippen LogP contribution is 2.24. The molecule has 1 heterocycles. The van der Waals surface area contributed by atoms with Crippen molar-refractivity contribution >= 4 is 27.3 Å². The lowest BCUT2D eigenvalue weighted by Crippen LogP contribution is -2.39. The summed E-state index contributed by atoms with van der Waals surface area (Å²) >= 11 is 5.29. The van der Waals surface area contributed by atoms with E-state index in [4.69, 9.17) is 0 Å². The fourth-order valence-corrected chi connectivity index (χ4v) is 3.17. The van der Waals surface area contributed by atoms with Gasteiger partial charge < -0.3 is 5.32 Å². The molecule has 1 nitrogen and oxygen atoms in total. The molecule has 1 atom stereocenters. The Morgan fingerprint density at radius 3 is 2.47 bits per heavy atom. The molecule has 0 amide bonds. The minimum absolute atomic E-state index is 0.337. The Balaban J connectivity index is 2.48. The lowest BCUT2D eigenvalue weighted by Gasteiger charge is -2.30. The van der Waals surface area contributed by atoms with Gasteiger partial charge in [-0.25, -0.2) is 0 Å². The van der Waals surface area contributed by atoms with Crippen LogP contribution in [0.3, 0.4) is 0 Å². The van der Waals surface area contributed by atoms with Crippen molar-refractivity contribution in [2.45, 2.75) is 46.7 Å². The largest absolute Gasteiger partial charge is 0.309 e. The van der Waals surface area contributed by atoms with Gasteiger partial charge in [-0.05, 0) is 39.9 Å². The monoisotopic (exact) mass is 289 g/mol. The molecule has 0 bridgehead atoms. The minimum Gasteiger partial charge on any atom is -0.309 e. The van der Waals surface area contributed by atoms with Gasteiger partial charge in [-0.1, -0.05) is 27.7 Å². The highest BCUT2D eigenvalue weighted by atomic mass is 79.9. The number of rotatable bonds is 4. The van der Waals surface area contributed by atoms with Gasteiger partial charge in [0, 0.05) is 17.5 Å². The molecule has 86 valence electrons. The van der Waals surface area contributed by atoms with Crippen molar-refractivity contribution in [1.82, 2.24) is 5.32 Å². The predicted octanol–water partition coefficient (Wildman–Crippen LogP) is 4.42. The highest BCUT2D eigenvalue weighted by molar-refractivity contribution is 9.11. The van der Waals surface area contributed by atoms with Crippen molar-refractivity contribution in [3.8, 4) is 0 Å². The topological polar surface area (TPSA) is 12.0 Å². The Morgan fingerprint density at radius 2 is 2.07 bits per heavy atom. The van der Waals surface area contributed by atoms with E-state index >= 15 is 0 Å². The molecule has 1 aromatic heterocycles. The van der Waals surface area contributed by atoms with Crippen LogP contribution in [0.2, 0.25) is 0 Å². The van der Waals surface area contributed by atoms with E-state index in [-0.39, 0.29) is 0 Å². The third kappa shape index (κ3) is 4.25. The van der Waals surface area contributed by atoms with Crippen LogP contribution in [0, 0.1) is 5.41 Å². The first-order valence-corrected chi connectivity index (χ1v) is 7.02. The molecule has 0 saturated carbocycles. The zero-order chi connectivity index (χ0) is 11.5. The molecule has 1 rings (SSSR count). The molecule has 1 unspecified atom stereocenters. The number of nitrogens with one attached hydrogen (secondary N) is 1. The SMILES string of the molecule is CCC(NCc1ccc(Br)s1)C(C)(C)C. The summed E-state index contributed by atoms with van der Waals surface area (Å²) in [5.74, 6) is 0. The van der Waals surface area contributed by atoms with Crippen LogP contribution in [0.1, 0.15) is 39.0 Å². The van der Waals surface area contributed by atoms with Gasteiger partial charge in [-0.3, -0.25) is 0 Å². The summed E-state index contributed by atoms with van der Waals surface area (Å²) in [6.45, 7) is 10.1. The zero-order valence-electron chi connectivity index (χ0n) is 9.93. The first kappa shape index (κ1) is 13.2. The molecule has 15 heavy (non-hydrogen) atoms. The number of halogens is 1. The van der Waals surface area contributed by atoms with Crippen molar-refractivity contribution in [2.24, 2.45) is 5.41 Å². The molecule has 0 aliphatic carbocycles. The summed E-state index contributed by atoms with van der Waals surface area (Å²) in [5.41, 5.74) is 0.337. The second kappa shape index (κ2) is 5.46. The Kier molecular flexibility index (Phi) is 4.81. The lowest BCUT2D eigenvalue weighted by atomic mass is 9.85. The summed E-state index contributed by atoms with van der Waals surface area (Å²) in [4.78, 5) is 1.39. The average molecular weight is 290 g/mol. The first-order valence-electron chi connectivity index (χ1n) is 5.41. The second-order valence-electron chi connectivity index (χ2n) is 4.91. The van der Waals surface area contributed by atoms with Crippen molar-refractivity contribution in [1.29, 1.82) is 0 Å². The molecular formula is C12H20BrNS. The molecule has 1 aromatic rings. The van der Waals surface area contributed by atoms with Crippen molar-refractivity contribution in [3.05, 3.63) is 20.8 Å². The second-order valence-corrected chi connectivity index (χ2v) is 7.46. The first-order chi connectivity index (χ1) is 6.93. The van der Waals surface area contributed by atoms with E-state index < -0.39 is 0 Å². The van der Waals surface area contributed by atoms with E-state index in [2.05, 4.69) is 61.1 Å². The van der Waals surface area contributed by atoms with Crippen LogP contribution in [0.5, 0.6) is 0 Å². The molecule has 0 spiro atoms. The van der Waals surface area contributed by atoms with Crippen LogP contribution in [-0.4, -0.2) is 6.04 Å². The van der Waals surface area contributed by atoms with E-state index in [1.807, 2.05) is 0 Å². The summed E-state index contributed by atoms with van der Waals surface area (Å²) in [6, 6.07) is 4.87. The number of hydrogen-bond donors (Lipinski definition) is 1. The van der Waals surface area contributed by atoms with Crippen LogP contribution in [-0.2, 0) is 6.54 Å². The van der Waals surface area contributed by atoms with E-state index in [1.54, 1.807) is 11.3 Å². The van der Waals surface area contributed by atoms with Crippen LogP contribution in [0.15, 0.2) is 15.9 Å². The number of thiophene rings is 1. The zero-order valence-corrected chi connectivity index (χ0v) is 12.3. The predicted molar refractivity (Wildman–Crippen MR) is 72.4 cm³/mol. The maximum Gasteiger partial charge on any atom is 0.0701 e. The maximum absolute atomic E-state index is 3.63. The normalized spacial score (nSPS) is 14.2. The maximum atomic E-state index is 3.63. The quantitative estimate of drug-likeness (QED) is 0.865.